The van der Waals surface area contributed by atoms with E-state index in [0.717, 1.165) is 44.8 Å². The molecule has 0 atom stereocenters. The number of fused-ring (bicyclic) bond motifs is 8. The van der Waals surface area contributed by atoms with Crippen LogP contribution in [0, 0.1) is 41.5 Å². The first-order valence-corrected chi connectivity index (χ1v) is 45.7. The predicted molar refractivity (Wildman–Crippen MR) is 551 cm³/mol. The van der Waals surface area contributed by atoms with Gasteiger partial charge in [0, 0.05) is 67.1 Å². The van der Waals surface area contributed by atoms with Crippen LogP contribution in [0.5, 0.6) is 0 Å². The van der Waals surface area contributed by atoms with Crippen molar-refractivity contribution in [1.82, 2.24) is 19.9 Å². The van der Waals surface area contributed by atoms with Gasteiger partial charge in [-0.15, -0.1) is 0 Å². The maximum Gasteiger partial charge on any atom is 0.126 e. The Hall–Kier alpha value is -12.6. The summed E-state index contributed by atoms with van der Waals surface area (Å²) >= 11 is 0. The van der Waals surface area contributed by atoms with Crippen molar-refractivity contribution in [2.45, 2.75) is 205 Å². The zero-order valence-electron chi connectivity index (χ0n) is 80.5. The number of rotatable bonds is 8. The van der Waals surface area contributed by atoms with E-state index in [4.69, 9.17) is 0 Å². The lowest BCUT2D eigenvalue weighted by Crippen LogP contribution is -2.23. The van der Waals surface area contributed by atoms with Crippen molar-refractivity contribution < 1.29 is 0 Å². The van der Waals surface area contributed by atoms with E-state index in [1.807, 2.05) is 251 Å². The molecule has 2 aliphatic rings. The van der Waals surface area contributed by atoms with Gasteiger partial charge in [0.1, 0.15) is 11.6 Å². The monoisotopic (exact) mass is 1650 g/mol. The predicted octanol–water partition coefficient (Wildman–Crippen LogP) is 35.7. The minimum absolute atomic E-state index is 0.0570. The summed E-state index contributed by atoms with van der Waals surface area (Å²) in [6.45, 7) is 57.0. The second-order valence-corrected chi connectivity index (χ2v) is 26.5. The largest absolute Gasteiger partial charge is 0.311 e. The minimum Gasteiger partial charge on any atom is -0.311 e. The summed E-state index contributed by atoms with van der Waals surface area (Å²) in [6, 6.07) is 131. The molecule has 18 rings (SSSR count). The molecule has 6 heteroatoms. The van der Waals surface area contributed by atoms with Gasteiger partial charge in [0.05, 0.1) is 11.0 Å². The molecular weight excluding hydrogens is 1500 g/mol. The highest BCUT2D eigenvalue weighted by Crippen LogP contribution is 2.54. The van der Waals surface area contributed by atoms with Crippen LogP contribution in [-0.4, -0.2) is 19.9 Å². The number of hydrogen-bond acceptors (Lipinski definition) is 6. The van der Waals surface area contributed by atoms with E-state index in [1.54, 1.807) is 0 Å². The number of aryl methyl sites for hydroxylation is 6. The molecule has 0 unspecified atom stereocenters. The molecule has 0 saturated carbocycles. The standard InChI is InChI=1S/2C21H18.2C18H15N.2C10H10N2.10C2H6/c2*1-15-9-3-6-12-18(15)21(2)19-13-7-4-10-16(19)17-11-5-8-14-20(17)21;2*1-4-10-16(11-5-1)19(17-12-6-2-7-13-17)18-14-8-3-9-15-18;2*1-7-9-5-3-4-6-10(9)12-8(2)11-7;10*1-2/h2*3-14H,1-2H3;2*1-15H;2*3-6H,1-2H3;10*1-2H3. The van der Waals surface area contributed by atoms with E-state index in [9.17, 15) is 0 Å². The molecule has 0 aliphatic heterocycles. The number of aromatic nitrogens is 4. The summed E-state index contributed by atoms with van der Waals surface area (Å²) in [5.41, 5.74) is 27.7. The lowest BCUT2D eigenvalue weighted by Gasteiger charge is -2.29. The van der Waals surface area contributed by atoms with Crippen LogP contribution in [0.25, 0.3) is 44.1 Å². The number of anilines is 6. The molecule has 0 spiro atoms. The molecule has 0 amide bonds. The fourth-order valence-corrected chi connectivity index (χ4v) is 14.9. The minimum atomic E-state index is -0.0570. The molecule has 6 nitrogen and oxygen atoms in total. The van der Waals surface area contributed by atoms with E-state index in [0.29, 0.717) is 0 Å². The molecule has 0 saturated heterocycles. The fourth-order valence-electron chi connectivity index (χ4n) is 14.9. The first-order chi connectivity index (χ1) is 60.9. The first-order valence-electron chi connectivity index (χ1n) is 45.7. The van der Waals surface area contributed by atoms with E-state index >= 15 is 0 Å². The molecule has 2 aromatic heterocycles. The number of benzene rings is 14. The van der Waals surface area contributed by atoms with Crippen molar-refractivity contribution in [3.63, 3.8) is 0 Å². The number of nitrogens with zero attached hydrogens (tertiary/aromatic N) is 6. The summed E-state index contributed by atoms with van der Waals surface area (Å²) in [5.74, 6) is 1.68. The smallest absolute Gasteiger partial charge is 0.126 e. The highest BCUT2D eigenvalue weighted by molar-refractivity contribution is 5.86. The first kappa shape index (κ1) is 106. The van der Waals surface area contributed by atoms with Gasteiger partial charge in [0.15, 0.2) is 0 Å². The van der Waals surface area contributed by atoms with Crippen LogP contribution in [0.15, 0.2) is 376 Å². The van der Waals surface area contributed by atoms with Gasteiger partial charge in [0.2, 0.25) is 0 Å². The highest BCUT2D eigenvalue weighted by Gasteiger charge is 2.42. The topological polar surface area (TPSA) is 58.0 Å². The van der Waals surface area contributed by atoms with Crippen molar-refractivity contribution in [3.05, 3.63) is 444 Å². The van der Waals surface area contributed by atoms with Crippen molar-refractivity contribution in [2.24, 2.45) is 0 Å². The average Bonchev–Trinajstić information content (AvgIpc) is 1.57. The van der Waals surface area contributed by atoms with Crippen molar-refractivity contribution >= 4 is 55.9 Å². The Morgan fingerprint density at radius 3 is 0.556 bits per heavy atom. The Labute approximate surface area is 751 Å². The lowest BCUT2D eigenvalue weighted by molar-refractivity contribution is 0.707. The zero-order chi connectivity index (χ0) is 91.8. The SMILES string of the molecule is CC.CC.CC.CC.CC.CC.CC.CC.CC.CC.Cc1ccccc1C1(C)c2ccccc2-c2ccccc21.Cc1ccccc1C1(C)c2ccccc2-c2ccccc21.Cc1nc(C)c2ccccc2n1.Cc1nc(C)c2ccccc2n1.c1ccc(N(c2ccccc2)c2ccccc2)cc1.c1ccc(N(c2ccccc2)c2ccccc2)cc1. The summed E-state index contributed by atoms with van der Waals surface area (Å²) in [6.07, 6.45) is 0. The van der Waals surface area contributed by atoms with Gasteiger partial charge in [-0.05, 0) is 207 Å². The Morgan fingerprint density at radius 1 is 0.177 bits per heavy atom. The van der Waals surface area contributed by atoms with Crippen molar-refractivity contribution in [2.75, 3.05) is 9.80 Å². The Kier molecular flexibility index (Phi) is 50.4. The quantitative estimate of drug-likeness (QED) is 0.151. The maximum atomic E-state index is 4.33. The third-order valence-corrected chi connectivity index (χ3v) is 19.7. The van der Waals surface area contributed by atoms with Crippen LogP contribution in [0.2, 0.25) is 0 Å². The third-order valence-electron chi connectivity index (χ3n) is 19.7. The highest BCUT2D eigenvalue weighted by atomic mass is 15.1. The molecule has 648 valence electrons. The maximum absolute atomic E-state index is 4.33. The van der Waals surface area contributed by atoms with E-state index in [1.165, 1.54) is 101 Å². The van der Waals surface area contributed by atoms with Crippen molar-refractivity contribution in [1.29, 1.82) is 0 Å². The average molecular weight is 1650 g/mol. The molecule has 0 fully saturated rings. The van der Waals surface area contributed by atoms with Crippen LogP contribution in [0.4, 0.5) is 34.1 Å². The Morgan fingerprint density at radius 2 is 0.347 bits per heavy atom. The summed E-state index contributed by atoms with van der Waals surface area (Å²) in [7, 11) is 0. The molecule has 14 aromatic carbocycles. The summed E-state index contributed by atoms with van der Waals surface area (Å²) in [5, 5.41) is 2.28. The molecule has 0 radical (unpaired) electrons. The van der Waals surface area contributed by atoms with E-state index < -0.39 is 0 Å². The molecule has 0 N–H and O–H groups in total. The fraction of sp³-hybridized carbons (Fsp3) is 0.254. The Balaban J connectivity index is 0.000000372. The van der Waals surface area contributed by atoms with E-state index in [2.05, 4.69) is 349 Å². The van der Waals surface area contributed by atoms with Crippen LogP contribution in [0.3, 0.4) is 0 Å². The second kappa shape index (κ2) is 59.2. The molecule has 16 aromatic rings. The van der Waals surface area contributed by atoms with Gasteiger partial charge in [-0.1, -0.05) is 430 Å². The molecule has 2 aliphatic carbocycles. The summed E-state index contributed by atoms with van der Waals surface area (Å²) in [4.78, 5) is 21.7. The van der Waals surface area contributed by atoms with E-state index in [-0.39, 0.29) is 10.8 Å². The molecule has 124 heavy (non-hydrogen) atoms. The molecule has 2 heterocycles. The second-order valence-electron chi connectivity index (χ2n) is 26.5. The zero-order valence-corrected chi connectivity index (χ0v) is 80.5. The van der Waals surface area contributed by atoms with Gasteiger partial charge < -0.3 is 9.80 Å². The van der Waals surface area contributed by atoms with Gasteiger partial charge in [-0.25, -0.2) is 19.9 Å². The van der Waals surface area contributed by atoms with Crippen LogP contribution in [-0.2, 0) is 10.8 Å². The van der Waals surface area contributed by atoms with Gasteiger partial charge in [-0.3, -0.25) is 0 Å². The Bertz CT molecular complexity index is 4870. The normalized spacial score (nSPS) is 10.5. The number of para-hydroxylation sites is 8. The molecule has 0 bridgehead atoms. The number of hydrogen-bond donors (Lipinski definition) is 0. The van der Waals surface area contributed by atoms with Crippen LogP contribution < -0.4 is 9.80 Å². The summed E-state index contributed by atoms with van der Waals surface area (Å²) < 4.78 is 0. The van der Waals surface area contributed by atoms with Crippen molar-refractivity contribution in [3.8, 4) is 22.3 Å². The van der Waals surface area contributed by atoms with Crippen LogP contribution in [0.1, 0.15) is 220 Å². The van der Waals surface area contributed by atoms with Gasteiger partial charge >= 0.3 is 0 Å². The lowest BCUT2D eigenvalue weighted by atomic mass is 9.73. The van der Waals surface area contributed by atoms with Crippen LogP contribution >= 0.6 is 0 Å². The molecular formula is C118H146N6. The third kappa shape index (κ3) is 27.7. The van der Waals surface area contributed by atoms with Gasteiger partial charge in [-0.2, -0.15) is 0 Å². The van der Waals surface area contributed by atoms with Gasteiger partial charge in [0.25, 0.3) is 0 Å².